The standard InChI is InChI=1S/C24H28FN7O/c1-15-11-31-14-17(8-20(25)23(31)28-15)29-24(33)21-9-27-22(10-26-21)30-7-6-16(12-30)13-32(18-2-3-18)19-4-5-19/h8-11,14,16,18-19H,2-7,12-13H2,1H3,(H,29,33). The number of imidazole rings is 1. The molecule has 8 nitrogen and oxygen atoms in total. The van der Waals surface area contributed by atoms with Gasteiger partial charge in [-0.25, -0.2) is 19.3 Å². The largest absolute Gasteiger partial charge is 0.355 e. The molecular weight excluding hydrogens is 421 g/mol. The van der Waals surface area contributed by atoms with Gasteiger partial charge in [-0.05, 0) is 44.9 Å². The molecule has 1 aliphatic heterocycles. The number of aryl methyl sites for hydroxylation is 1. The first kappa shape index (κ1) is 20.5. The van der Waals surface area contributed by atoms with Crippen molar-refractivity contribution in [2.45, 2.75) is 51.1 Å². The van der Waals surface area contributed by atoms with Crippen LogP contribution in [0.25, 0.3) is 5.65 Å². The Morgan fingerprint density at radius 1 is 1.15 bits per heavy atom. The van der Waals surface area contributed by atoms with Crippen LogP contribution in [0.2, 0.25) is 0 Å². The molecule has 1 N–H and O–H groups in total. The zero-order valence-corrected chi connectivity index (χ0v) is 18.7. The summed E-state index contributed by atoms with van der Waals surface area (Å²) in [5.41, 5.74) is 1.48. The summed E-state index contributed by atoms with van der Waals surface area (Å²) in [6.07, 6.45) is 13.1. The summed E-state index contributed by atoms with van der Waals surface area (Å²) in [5.74, 6) is 0.550. The Labute approximate surface area is 191 Å². The van der Waals surface area contributed by atoms with Crippen LogP contribution in [0.3, 0.4) is 0 Å². The zero-order chi connectivity index (χ0) is 22.5. The Bertz CT molecular complexity index is 1170. The van der Waals surface area contributed by atoms with E-state index in [2.05, 4.69) is 30.1 Å². The van der Waals surface area contributed by atoms with E-state index in [0.717, 1.165) is 31.0 Å². The summed E-state index contributed by atoms with van der Waals surface area (Å²) in [7, 11) is 0. The average molecular weight is 450 g/mol. The number of anilines is 2. The van der Waals surface area contributed by atoms with E-state index >= 15 is 0 Å². The fourth-order valence-corrected chi connectivity index (χ4v) is 4.94. The van der Waals surface area contributed by atoms with Gasteiger partial charge < -0.3 is 14.6 Å². The van der Waals surface area contributed by atoms with Gasteiger partial charge in [-0.15, -0.1) is 0 Å². The van der Waals surface area contributed by atoms with E-state index in [1.807, 2.05) is 0 Å². The van der Waals surface area contributed by atoms with Gasteiger partial charge in [-0.1, -0.05) is 0 Å². The van der Waals surface area contributed by atoms with Crippen LogP contribution in [0.1, 0.15) is 48.3 Å². The first-order chi connectivity index (χ1) is 16.0. The minimum absolute atomic E-state index is 0.199. The number of pyridine rings is 1. The average Bonchev–Trinajstić information content (AvgIpc) is 3.73. The molecule has 1 atom stereocenters. The number of carbonyl (C=O) groups excluding carboxylic acids is 1. The second kappa shape index (κ2) is 8.06. The molecule has 0 aromatic carbocycles. The van der Waals surface area contributed by atoms with E-state index in [1.165, 1.54) is 50.9 Å². The lowest BCUT2D eigenvalue weighted by molar-refractivity contribution is 0.102. The highest BCUT2D eigenvalue weighted by molar-refractivity contribution is 6.02. The molecule has 3 fully saturated rings. The number of fused-ring (bicyclic) bond motifs is 1. The quantitative estimate of drug-likeness (QED) is 0.597. The van der Waals surface area contributed by atoms with Crippen LogP contribution < -0.4 is 10.2 Å². The van der Waals surface area contributed by atoms with Crippen molar-refractivity contribution < 1.29 is 9.18 Å². The molecule has 0 spiro atoms. The van der Waals surface area contributed by atoms with Crippen LogP contribution in [0.4, 0.5) is 15.9 Å². The Morgan fingerprint density at radius 3 is 2.64 bits per heavy atom. The van der Waals surface area contributed by atoms with Gasteiger partial charge in [0.15, 0.2) is 11.5 Å². The molecule has 172 valence electrons. The molecule has 1 amide bonds. The summed E-state index contributed by atoms with van der Waals surface area (Å²) >= 11 is 0. The van der Waals surface area contributed by atoms with Crippen LogP contribution in [-0.4, -0.2) is 61.9 Å². The van der Waals surface area contributed by atoms with E-state index in [0.29, 0.717) is 17.3 Å². The summed E-state index contributed by atoms with van der Waals surface area (Å²) in [6.45, 7) is 4.94. The van der Waals surface area contributed by atoms with E-state index in [-0.39, 0.29) is 11.3 Å². The topological polar surface area (TPSA) is 78.7 Å². The highest BCUT2D eigenvalue weighted by Gasteiger charge is 2.40. The molecule has 1 saturated heterocycles. The van der Waals surface area contributed by atoms with Gasteiger partial charge in [0.1, 0.15) is 11.5 Å². The molecule has 6 rings (SSSR count). The highest BCUT2D eigenvalue weighted by atomic mass is 19.1. The molecule has 3 aromatic rings. The minimum Gasteiger partial charge on any atom is -0.355 e. The number of halogens is 1. The molecule has 3 aromatic heterocycles. The number of nitrogens with zero attached hydrogens (tertiary/aromatic N) is 6. The minimum atomic E-state index is -0.493. The van der Waals surface area contributed by atoms with E-state index in [1.54, 1.807) is 29.9 Å². The van der Waals surface area contributed by atoms with Crippen molar-refractivity contribution in [1.29, 1.82) is 0 Å². The first-order valence-electron chi connectivity index (χ1n) is 11.8. The van der Waals surface area contributed by atoms with Crippen molar-refractivity contribution in [3.05, 3.63) is 48.1 Å². The Balaban J connectivity index is 1.08. The van der Waals surface area contributed by atoms with Gasteiger partial charge >= 0.3 is 0 Å². The SMILES string of the molecule is Cc1cn2cc(NC(=O)c3cnc(N4CCC(CN(C5CC5)C5CC5)C4)cn3)cc(F)c2n1. The maximum atomic E-state index is 14.3. The second-order valence-corrected chi connectivity index (χ2v) is 9.66. The predicted octanol–water partition coefficient (Wildman–Crippen LogP) is 3.28. The van der Waals surface area contributed by atoms with Crippen molar-refractivity contribution >= 4 is 23.1 Å². The van der Waals surface area contributed by atoms with Crippen molar-refractivity contribution in [3.63, 3.8) is 0 Å². The summed E-state index contributed by atoms with van der Waals surface area (Å²) in [6, 6.07) is 2.92. The lowest BCUT2D eigenvalue weighted by Crippen LogP contribution is -2.34. The molecule has 1 unspecified atom stereocenters. The van der Waals surface area contributed by atoms with Gasteiger partial charge in [0, 0.05) is 50.2 Å². The normalized spacial score (nSPS) is 20.7. The first-order valence-corrected chi connectivity index (χ1v) is 11.8. The number of hydrogen-bond donors (Lipinski definition) is 1. The van der Waals surface area contributed by atoms with Gasteiger partial charge in [-0.2, -0.15) is 0 Å². The number of carbonyl (C=O) groups is 1. The third-order valence-electron chi connectivity index (χ3n) is 6.87. The predicted molar refractivity (Wildman–Crippen MR) is 123 cm³/mol. The third kappa shape index (κ3) is 4.29. The van der Waals surface area contributed by atoms with Gasteiger partial charge in [0.2, 0.25) is 0 Å². The lowest BCUT2D eigenvalue weighted by atomic mass is 10.1. The molecule has 33 heavy (non-hydrogen) atoms. The Kier molecular flexibility index (Phi) is 5.01. The highest BCUT2D eigenvalue weighted by Crippen LogP contribution is 2.38. The van der Waals surface area contributed by atoms with Crippen molar-refractivity contribution in [3.8, 4) is 0 Å². The molecule has 2 aliphatic carbocycles. The monoisotopic (exact) mass is 449 g/mol. The van der Waals surface area contributed by atoms with Crippen LogP contribution in [-0.2, 0) is 0 Å². The van der Waals surface area contributed by atoms with Gasteiger partial charge in [0.25, 0.3) is 5.91 Å². The van der Waals surface area contributed by atoms with Crippen LogP contribution in [0.15, 0.2) is 30.9 Å². The summed E-state index contributed by atoms with van der Waals surface area (Å²) in [4.78, 5) is 30.6. The smallest absolute Gasteiger partial charge is 0.275 e. The summed E-state index contributed by atoms with van der Waals surface area (Å²) in [5, 5.41) is 2.70. The van der Waals surface area contributed by atoms with Crippen molar-refractivity contribution in [1.82, 2.24) is 24.3 Å². The fraction of sp³-hybridized carbons (Fsp3) is 0.500. The molecule has 0 radical (unpaired) electrons. The van der Waals surface area contributed by atoms with Gasteiger partial charge in [0.05, 0.1) is 23.8 Å². The number of hydrogen-bond acceptors (Lipinski definition) is 6. The van der Waals surface area contributed by atoms with Crippen molar-refractivity contribution in [2.75, 3.05) is 29.9 Å². The number of aromatic nitrogens is 4. The van der Waals surface area contributed by atoms with E-state index < -0.39 is 11.7 Å². The molecule has 9 heteroatoms. The number of rotatable bonds is 7. The maximum absolute atomic E-state index is 14.3. The second-order valence-electron chi connectivity index (χ2n) is 9.66. The van der Waals surface area contributed by atoms with Crippen LogP contribution in [0.5, 0.6) is 0 Å². The zero-order valence-electron chi connectivity index (χ0n) is 18.7. The van der Waals surface area contributed by atoms with Crippen LogP contribution >= 0.6 is 0 Å². The van der Waals surface area contributed by atoms with Crippen molar-refractivity contribution in [2.24, 2.45) is 5.92 Å². The van der Waals surface area contributed by atoms with Crippen LogP contribution in [0, 0.1) is 18.7 Å². The number of nitrogens with one attached hydrogen (secondary N) is 1. The number of amides is 1. The molecular formula is C24H28FN7O. The molecule has 4 heterocycles. The molecule has 3 aliphatic rings. The fourth-order valence-electron chi connectivity index (χ4n) is 4.94. The lowest BCUT2D eigenvalue weighted by Gasteiger charge is -2.25. The maximum Gasteiger partial charge on any atom is 0.275 e. The van der Waals surface area contributed by atoms with E-state index in [9.17, 15) is 9.18 Å². The molecule has 2 saturated carbocycles. The van der Waals surface area contributed by atoms with E-state index in [4.69, 9.17) is 0 Å². The Morgan fingerprint density at radius 2 is 1.94 bits per heavy atom. The van der Waals surface area contributed by atoms with Gasteiger partial charge in [-0.3, -0.25) is 9.69 Å². The summed E-state index contributed by atoms with van der Waals surface area (Å²) < 4.78 is 15.8. The third-order valence-corrected chi connectivity index (χ3v) is 6.87. The Hall–Kier alpha value is -3.07. The molecule has 0 bridgehead atoms.